The van der Waals surface area contributed by atoms with E-state index in [-0.39, 0.29) is 5.75 Å². The fourth-order valence-corrected chi connectivity index (χ4v) is 1.81. The highest BCUT2D eigenvalue weighted by atomic mass is 32.2. The van der Waals surface area contributed by atoms with E-state index < -0.39 is 10.0 Å². The van der Waals surface area contributed by atoms with Gasteiger partial charge in [-0.2, -0.15) is 0 Å². The monoisotopic (exact) mass is 244 g/mol. The Morgan fingerprint density at radius 1 is 1.31 bits per heavy atom. The quantitative estimate of drug-likeness (QED) is 0.680. The van der Waals surface area contributed by atoms with Crippen LogP contribution in [0.5, 0.6) is 0 Å². The van der Waals surface area contributed by atoms with Gasteiger partial charge in [0.05, 0.1) is 5.75 Å². The summed E-state index contributed by atoms with van der Waals surface area (Å²) in [4.78, 5) is 7.73. The molecule has 0 amide bonds. The van der Waals surface area contributed by atoms with E-state index in [1.807, 2.05) is 0 Å². The van der Waals surface area contributed by atoms with Gasteiger partial charge in [-0.25, -0.2) is 22.7 Å². The Bertz CT molecular complexity index is 405. The van der Waals surface area contributed by atoms with Gasteiger partial charge < -0.3 is 5.32 Å². The van der Waals surface area contributed by atoms with Crippen LogP contribution in [-0.4, -0.2) is 49.1 Å². The fraction of sp³-hybridized carbons (Fsp3) is 0.556. The number of aromatic nitrogens is 2. The Morgan fingerprint density at radius 2 is 1.94 bits per heavy atom. The Hall–Kier alpha value is -1.05. The van der Waals surface area contributed by atoms with Gasteiger partial charge in [-0.05, 0) is 0 Å². The van der Waals surface area contributed by atoms with Crippen molar-refractivity contribution >= 4 is 10.0 Å². The van der Waals surface area contributed by atoms with Crippen LogP contribution in [-0.2, 0) is 16.6 Å². The van der Waals surface area contributed by atoms with Crippen molar-refractivity contribution in [2.24, 2.45) is 0 Å². The predicted molar refractivity (Wildman–Crippen MR) is 61.2 cm³/mol. The van der Waals surface area contributed by atoms with Gasteiger partial charge >= 0.3 is 0 Å². The molecule has 1 heterocycles. The molecule has 1 N–H and O–H groups in total. The molecule has 0 aliphatic heterocycles. The second kappa shape index (κ2) is 5.88. The van der Waals surface area contributed by atoms with Crippen LogP contribution in [0, 0.1) is 0 Å². The molecule has 0 aromatic carbocycles. The summed E-state index contributed by atoms with van der Waals surface area (Å²) in [5.41, 5.74) is 0.935. The Kier molecular flexibility index (Phi) is 4.78. The third-order valence-electron chi connectivity index (χ3n) is 2.04. The normalized spacial score (nSPS) is 11.9. The van der Waals surface area contributed by atoms with Gasteiger partial charge in [0.1, 0.15) is 6.33 Å². The summed E-state index contributed by atoms with van der Waals surface area (Å²) in [6.07, 6.45) is 4.85. The molecule has 0 atom stereocenters. The van der Waals surface area contributed by atoms with E-state index in [1.54, 1.807) is 12.4 Å². The van der Waals surface area contributed by atoms with Gasteiger partial charge in [-0.15, -0.1) is 0 Å². The average Bonchev–Trinajstić information content (AvgIpc) is 2.26. The molecule has 0 saturated heterocycles. The summed E-state index contributed by atoms with van der Waals surface area (Å²) in [7, 11) is -0.0568. The van der Waals surface area contributed by atoms with Crippen LogP contribution in [0.25, 0.3) is 0 Å². The van der Waals surface area contributed by atoms with Gasteiger partial charge in [0, 0.05) is 45.1 Å². The molecule has 1 aromatic rings. The van der Waals surface area contributed by atoms with E-state index in [1.165, 1.54) is 24.7 Å². The fourth-order valence-electron chi connectivity index (χ4n) is 1.04. The van der Waals surface area contributed by atoms with Crippen LogP contribution in [0.2, 0.25) is 0 Å². The first-order valence-electron chi connectivity index (χ1n) is 4.87. The molecule has 0 saturated carbocycles. The SMILES string of the molecule is CN(C)S(=O)(=O)CCNCc1cncnc1. The molecule has 1 aromatic heterocycles. The lowest BCUT2D eigenvalue weighted by Crippen LogP contribution is -2.31. The summed E-state index contributed by atoms with van der Waals surface area (Å²) in [5.74, 6) is 0.0910. The maximum Gasteiger partial charge on any atom is 0.214 e. The molecule has 1 rings (SSSR count). The van der Waals surface area contributed by atoms with Crippen molar-refractivity contribution in [2.45, 2.75) is 6.54 Å². The van der Waals surface area contributed by atoms with Crippen molar-refractivity contribution < 1.29 is 8.42 Å². The molecule has 0 radical (unpaired) electrons. The molecule has 0 fully saturated rings. The number of nitrogens with zero attached hydrogens (tertiary/aromatic N) is 3. The predicted octanol–water partition coefficient (Wildman–Crippen LogP) is -0.542. The standard InChI is InChI=1S/C9H16N4O2S/c1-13(2)16(14,15)4-3-10-5-9-6-11-8-12-7-9/h6-8,10H,3-5H2,1-2H3. The third-order valence-corrected chi connectivity index (χ3v) is 3.87. The van der Waals surface area contributed by atoms with Crippen LogP contribution in [0.3, 0.4) is 0 Å². The van der Waals surface area contributed by atoms with E-state index in [0.717, 1.165) is 5.56 Å². The molecular formula is C9H16N4O2S. The summed E-state index contributed by atoms with van der Waals surface area (Å²) < 4.78 is 24.0. The molecule has 6 nitrogen and oxygen atoms in total. The van der Waals surface area contributed by atoms with Crippen molar-refractivity contribution in [2.75, 3.05) is 26.4 Å². The molecule has 0 aliphatic rings. The molecule has 7 heteroatoms. The molecule has 0 aliphatic carbocycles. The topological polar surface area (TPSA) is 75.2 Å². The lowest BCUT2D eigenvalue weighted by Gasteiger charge is -2.11. The minimum absolute atomic E-state index is 0.0910. The molecule has 16 heavy (non-hydrogen) atoms. The van der Waals surface area contributed by atoms with Crippen molar-refractivity contribution in [1.82, 2.24) is 19.6 Å². The molecule has 0 unspecified atom stereocenters. The zero-order chi connectivity index (χ0) is 12.0. The summed E-state index contributed by atoms with van der Waals surface area (Å²) >= 11 is 0. The van der Waals surface area contributed by atoms with Gasteiger partial charge in [0.15, 0.2) is 0 Å². The molecule has 90 valence electrons. The number of rotatable bonds is 6. The van der Waals surface area contributed by atoms with Crippen molar-refractivity contribution in [1.29, 1.82) is 0 Å². The van der Waals surface area contributed by atoms with Crippen LogP contribution in [0.15, 0.2) is 18.7 Å². The van der Waals surface area contributed by atoms with Crippen molar-refractivity contribution in [3.05, 3.63) is 24.3 Å². The van der Waals surface area contributed by atoms with Crippen LogP contribution in [0.4, 0.5) is 0 Å². The first-order chi connectivity index (χ1) is 7.52. The second-order valence-corrected chi connectivity index (χ2v) is 5.82. The van der Waals surface area contributed by atoms with E-state index in [9.17, 15) is 8.42 Å². The van der Waals surface area contributed by atoms with Crippen LogP contribution < -0.4 is 5.32 Å². The maximum absolute atomic E-state index is 11.4. The Labute approximate surface area is 95.8 Å². The van der Waals surface area contributed by atoms with Crippen molar-refractivity contribution in [3.63, 3.8) is 0 Å². The molecule has 0 bridgehead atoms. The Balaban J connectivity index is 2.28. The molecule has 0 spiro atoms. The maximum atomic E-state index is 11.4. The number of sulfonamides is 1. The van der Waals surface area contributed by atoms with Gasteiger partial charge in [-0.1, -0.05) is 0 Å². The lowest BCUT2D eigenvalue weighted by atomic mass is 10.3. The highest BCUT2D eigenvalue weighted by Gasteiger charge is 2.12. The summed E-state index contributed by atoms with van der Waals surface area (Å²) in [5, 5.41) is 3.03. The van der Waals surface area contributed by atoms with Gasteiger partial charge in [0.2, 0.25) is 10.0 Å². The number of hydrogen-bond acceptors (Lipinski definition) is 5. The van der Waals surface area contributed by atoms with Crippen LogP contribution in [0.1, 0.15) is 5.56 Å². The largest absolute Gasteiger partial charge is 0.311 e. The first-order valence-corrected chi connectivity index (χ1v) is 6.48. The van der Waals surface area contributed by atoms with E-state index >= 15 is 0 Å². The molecular weight excluding hydrogens is 228 g/mol. The zero-order valence-corrected chi connectivity index (χ0v) is 10.2. The van der Waals surface area contributed by atoms with E-state index in [0.29, 0.717) is 13.1 Å². The van der Waals surface area contributed by atoms with Gasteiger partial charge in [0.25, 0.3) is 0 Å². The second-order valence-electron chi connectivity index (χ2n) is 3.52. The number of hydrogen-bond donors (Lipinski definition) is 1. The first kappa shape index (κ1) is 13.0. The third kappa shape index (κ3) is 4.21. The lowest BCUT2D eigenvalue weighted by molar-refractivity contribution is 0.517. The highest BCUT2D eigenvalue weighted by Crippen LogP contribution is 1.94. The number of nitrogens with one attached hydrogen (secondary N) is 1. The van der Waals surface area contributed by atoms with Crippen molar-refractivity contribution in [3.8, 4) is 0 Å². The minimum atomic E-state index is -3.11. The average molecular weight is 244 g/mol. The minimum Gasteiger partial charge on any atom is -0.311 e. The smallest absolute Gasteiger partial charge is 0.214 e. The zero-order valence-electron chi connectivity index (χ0n) is 9.42. The van der Waals surface area contributed by atoms with E-state index in [2.05, 4.69) is 15.3 Å². The Morgan fingerprint density at radius 3 is 2.50 bits per heavy atom. The van der Waals surface area contributed by atoms with Crippen LogP contribution >= 0.6 is 0 Å². The highest BCUT2D eigenvalue weighted by molar-refractivity contribution is 7.89. The van der Waals surface area contributed by atoms with Gasteiger partial charge in [-0.3, -0.25) is 0 Å². The van der Waals surface area contributed by atoms with E-state index in [4.69, 9.17) is 0 Å². The summed E-state index contributed by atoms with van der Waals surface area (Å²) in [6, 6.07) is 0. The summed E-state index contributed by atoms with van der Waals surface area (Å²) in [6.45, 7) is 0.985.